The molecule has 0 radical (unpaired) electrons. The van der Waals surface area contributed by atoms with Crippen LogP contribution in [0.4, 0.5) is 11.4 Å². The van der Waals surface area contributed by atoms with Crippen molar-refractivity contribution in [3.63, 3.8) is 0 Å². The van der Waals surface area contributed by atoms with E-state index in [4.69, 9.17) is 41.2 Å². The molecular formula is C46H57N5O7S2. The number of esters is 1. The van der Waals surface area contributed by atoms with Crippen LogP contribution >= 0.6 is 0 Å². The molecule has 0 amide bonds. The molecule has 2 heterocycles. The first-order chi connectivity index (χ1) is 28.9. The summed E-state index contributed by atoms with van der Waals surface area (Å²) in [6.45, 7) is 21.2. The molecule has 1 aliphatic rings. The highest BCUT2D eigenvalue weighted by Crippen LogP contribution is 2.40. The molecule has 5 aromatic rings. The summed E-state index contributed by atoms with van der Waals surface area (Å²) in [5.74, 6) is 2.10. The van der Waals surface area contributed by atoms with Crippen LogP contribution in [-0.2, 0) is 36.4 Å². The van der Waals surface area contributed by atoms with Crippen molar-refractivity contribution in [2.45, 2.75) is 110 Å². The van der Waals surface area contributed by atoms with Crippen LogP contribution in [0.25, 0.3) is 21.9 Å². The summed E-state index contributed by atoms with van der Waals surface area (Å²) in [4.78, 5) is 23.1. The molecule has 14 heteroatoms. The number of hydrogen-bond donors (Lipinski definition) is 4. The third-order valence-electron chi connectivity index (χ3n) is 11.1. The quantitative estimate of drug-likeness (QED) is 0.0274. The summed E-state index contributed by atoms with van der Waals surface area (Å²) in [7, 11) is -1.21. The van der Waals surface area contributed by atoms with Crippen LogP contribution in [0.3, 0.4) is 0 Å². The molecule has 12 nitrogen and oxygen atoms in total. The van der Waals surface area contributed by atoms with Gasteiger partial charge in [0, 0.05) is 34.2 Å². The van der Waals surface area contributed by atoms with Gasteiger partial charge < -0.3 is 24.4 Å². The number of carbonyl (C=O) groups excluding carboxylic acids is 1. The minimum absolute atomic E-state index is 0.0812. The Morgan fingerprint density at radius 3 is 2.43 bits per heavy atom. The van der Waals surface area contributed by atoms with Crippen LogP contribution in [0, 0.1) is 31.2 Å². The lowest BCUT2D eigenvalue weighted by atomic mass is 9.75. The standard InChI is InChI=1S/C46H57N5O7S2/c1-8-10-11-12-13-14-19-56-39-18-17-35(52)24-32(39)22-33-23-34(25-37(43(33)55-9-2)50-58-60(59)40-26-36(53)16-15-29(40)4)44-48-45-41(38(47-7)27-51(45)49-44)46(54)57-42-30(5)20-28(3)21-31(42)6/h15-18,23-28,30-31,42,50,52-53H,8-14,19-22H2,1-6H3,(H,48,49). The molecule has 4 N–H and O–H groups in total. The van der Waals surface area contributed by atoms with Crippen molar-refractivity contribution in [1.29, 1.82) is 0 Å². The Hall–Kier alpha value is -5.10. The molecule has 1 saturated carbocycles. The minimum atomic E-state index is -1.21. The lowest BCUT2D eigenvalue weighted by Gasteiger charge is -2.37. The summed E-state index contributed by atoms with van der Waals surface area (Å²) in [5, 5.41) is 24.1. The number of ether oxygens (including phenoxy) is 3. The lowest BCUT2D eigenvalue weighted by molar-refractivity contribution is -0.0249. The zero-order valence-electron chi connectivity index (χ0n) is 35.4. The number of carbonyl (C=O) groups is 1. The minimum Gasteiger partial charge on any atom is -0.508 e. The number of nitrogens with one attached hydrogen (secondary N) is 2. The van der Waals surface area contributed by atoms with Crippen molar-refractivity contribution < 1.29 is 33.5 Å². The highest BCUT2D eigenvalue weighted by atomic mass is 32.8. The van der Waals surface area contributed by atoms with E-state index in [1.807, 2.05) is 26.0 Å². The van der Waals surface area contributed by atoms with Crippen molar-refractivity contribution in [1.82, 2.24) is 14.6 Å². The van der Waals surface area contributed by atoms with E-state index in [-0.39, 0.29) is 46.3 Å². The molecule has 60 heavy (non-hydrogen) atoms. The summed E-state index contributed by atoms with van der Waals surface area (Å²) in [6.07, 6.45) is 10.3. The van der Waals surface area contributed by atoms with E-state index in [1.165, 1.54) is 25.7 Å². The maximum atomic E-state index is 13.9. The summed E-state index contributed by atoms with van der Waals surface area (Å²) in [5.41, 5.74) is 7.01. The Kier molecular flexibility index (Phi) is 15.1. The number of aryl methyl sites for hydroxylation is 1. The zero-order valence-corrected chi connectivity index (χ0v) is 37.0. The maximum Gasteiger partial charge on any atom is 0.331 e. The molecular weight excluding hydrogens is 799 g/mol. The van der Waals surface area contributed by atoms with Crippen LogP contribution in [0.1, 0.15) is 113 Å². The second kappa shape index (κ2) is 20.4. The number of unbranched alkanes of at least 4 members (excludes halogenated alkanes) is 5. The maximum absolute atomic E-state index is 13.9. The molecule has 0 bridgehead atoms. The Morgan fingerprint density at radius 2 is 1.70 bits per heavy atom. The predicted molar refractivity (Wildman–Crippen MR) is 239 cm³/mol. The van der Waals surface area contributed by atoms with Crippen LogP contribution in [0.2, 0.25) is 0 Å². The monoisotopic (exact) mass is 855 g/mol. The molecule has 2 aromatic heterocycles. The molecule has 320 valence electrons. The third kappa shape index (κ3) is 10.6. The van der Waals surface area contributed by atoms with Crippen LogP contribution in [0.5, 0.6) is 23.0 Å². The van der Waals surface area contributed by atoms with E-state index < -0.39 is 15.7 Å². The first-order valence-electron chi connectivity index (χ1n) is 21.0. The van der Waals surface area contributed by atoms with Crippen LogP contribution in [-0.4, -0.2) is 50.1 Å². The first kappa shape index (κ1) is 44.5. The van der Waals surface area contributed by atoms with E-state index in [2.05, 4.69) is 43.1 Å². The number of anilines is 1. The fraction of sp³-hybridized carbons (Fsp3) is 0.457. The summed E-state index contributed by atoms with van der Waals surface area (Å²) >= 11 is 5.76. The number of hydrogen-bond acceptors (Lipinski definition) is 10. The van der Waals surface area contributed by atoms with Crippen LogP contribution < -0.4 is 15.0 Å². The SMILES string of the molecule is [C-]#[N+]c1cn2[nH]c(-c3cc(Cc4cc(O)ccc4OCCCCCCCC)c(OCC)c(NOS(=S)c4cc(O)ccc4C)c3)nc2c1C(=O)OC1C(C)CC(C)CC1C. The van der Waals surface area contributed by atoms with Gasteiger partial charge in [-0.25, -0.2) is 20.1 Å². The van der Waals surface area contributed by atoms with E-state index in [1.54, 1.807) is 47.1 Å². The largest absolute Gasteiger partial charge is 0.508 e. The van der Waals surface area contributed by atoms with Crippen molar-refractivity contribution >= 4 is 43.9 Å². The van der Waals surface area contributed by atoms with E-state index in [0.29, 0.717) is 59.0 Å². The van der Waals surface area contributed by atoms with E-state index in [0.717, 1.165) is 42.4 Å². The smallest absolute Gasteiger partial charge is 0.331 e. The van der Waals surface area contributed by atoms with Gasteiger partial charge in [-0.15, -0.1) is 0 Å². The molecule has 3 atom stereocenters. The second-order valence-corrected chi connectivity index (χ2v) is 18.1. The number of H-pyrrole nitrogens is 1. The number of rotatable bonds is 19. The Bertz CT molecular complexity index is 2340. The van der Waals surface area contributed by atoms with Crippen molar-refractivity contribution in [2.75, 3.05) is 18.7 Å². The zero-order chi connectivity index (χ0) is 42.9. The van der Waals surface area contributed by atoms with Gasteiger partial charge in [0.25, 0.3) is 0 Å². The molecule has 0 saturated heterocycles. The average Bonchev–Trinajstić information content (AvgIpc) is 3.78. The van der Waals surface area contributed by atoms with Gasteiger partial charge in [0.2, 0.25) is 5.69 Å². The lowest BCUT2D eigenvalue weighted by Crippen LogP contribution is -2.37. The topological polar surface area (TPSA) is 144 Å². The number of aromatic nitrogens is 3. The van der Waals surface area contributed by atoms with Gasteiger partial charge >= 0.3 is 5.97 Å². The highest BCUT2D eigenvalue weighted by Gasteiger charge is 2.36. The number of aromatic hydroxyl groups is 2. The number of phenolic OH excluding ortho intramolecular Hbond substituents is 2. The fourth-order valence-corrected chi connectivity index (χ4v) is 9.74. The Morgan fingerprint density at radius 1 is 0.983 bits per heavy atom. The number of benzene rings is 3. The van der Waals surface area contributed by atoms with Gasteiger partial charge in [0.15, 0.2) is 11.5 Å². The van der Waals surface area contributed by atoms with Gasteiger partial charge in [-0.05, 0) is 110 Å². The van der Waals surface area contributed by atoms with Gasteiger partial charge in [-0.3, -0.25) is 9.61 Å². The third-order valence-corrected chi connectivity index (χ3v) is 12.9. The van der Waals surface area contributed by atoms with Gasteiger partial charge in [-0.1, -0.05) is 65.9 Å². The van der Waals surface area contributed by atoms with Gasteiger partial charge in [-0.2, -0.15) is 4.28 Å². The molecule has 1 aliphatic carbocycles. The van der Waals surface area contributed by atoms with Gasteiger partial charge in [0.05, 0.1) is 29.5 Å². The number of phenols is 2. The molecule has 3 unspecified atom stereocenters. The molecule has 0 spiro atoms. The number of fused-ring (bicyclic) bond motifs is 1. The summed E-state index contributed by atoms with van der Waals surface area (Å²) in [6, 6.07) is 13.8. The Balaban J connectivity index is 1.38. The average molecular weight is 856 g/mol. The molecule has 1 fully saturated rings. The van der Waals surface area contributed by atoms with E-state index >= 15 is 0 Å². The number of aromatic amines is 1. The normalized spacial score (nSPS) is 18.2. The molecule has 6 rings (SSSR count). The number of nitrogens with zero attached hydrogens (tertiary/aromatic N) is 3. The van der Waals surface area contributed by atoms with Gasteiger partial charge in [0.1, 0.15) is 40.4 Å². The van der Waals surface area contributed by atoms with Crippen molar-refractivity contribution in [3.8, 4) is 34.4 Å². The second-order valence-electron chi connectivity index (χ2n) is 16.1. The van der Waals surface area contributed by atoms with E-state index in [9.17, 15) is 15.0 Å². The first-order valence-corrected chi connectivity index (χ1v) is 23.1. The predicted octanol–water partition coefficient (Wildman–Crippen LogP) is 11.0. The molecule has 0 aliphatic heterocycles. The highest BCUT2D eigenvalue weighted by molar-refractivity contribution is 8.26. The van der Waals surface area contributed by atoms with Crippen LogP contribution in [0.15, 0.2) is 59.6 Å². The summed E-state index contributed by atoms with van der Waals surface area (Å²) < 4.78 is 26.4. The van der Waals surface area contributed by atoms with Crippen molar-refractivity contribution in [2.24, 2.45) is 17.8 Å². The fourth-order valence-electron chi connectivity index (χ4n) is 8.30. The van der Waals surface area contributed by atoms with Crippen molar-refractivity contribution in [3.05, 3.63) is 88.4 Å². The Labute approximate surface area is 360 Å². The molecule has 3 aromatic carbocycles.